The van der Waals surface area contributed by atoms with E-state index in [-0.39, 0.29) is 16.7 Å². The summed E-state index contributed by atoms with van der Waals surface area (Å²) in [6, 6.07) is 6.30. The van der Waals surface area contributed by atoms with Crippen LogP contribution in [0.25, 0.3) is 27.8 Å². The summed E-state index contributed by atoms with van der Waals surface area (Å²) in [5.74, 6) is -1.02. The van der Waals surface area contributed by atoms with Crippen molar-refractivity contribution in [1.82, 2.24) is 14.5 Å². The second-order valence-corrected chi connectivity index (χ2v) is 5.71. The molecule has 0 radical (unpaired) electrons. The fourth-order valence-corrected chi connectivity index (χ4v) is 2.76. The lowest BCUT2D eigenvalue weighted by Gasteiger charge is -2.06. The molecule has 4 rings (SSSR count). The molecule has 0 saturated carbocycles. The monoisotopic (exact) mass is 397 g/mol. The van der Waals surface area contributed by atoms with Crippen molar-refractivity contribution >= 4 is 44.7 Å². The van der Waals surface area contributed by atoms with E-state index in [2.05, 4.69) is 9.97 Å². The summed E-state index contributed by atoms with van der Waals surface area (Å²) < 4.78 is 35.9. The maximum absolute atomic E-state index is 14.6. The number of aromatic nitrogens is 3. The Bertz CT molecular complexity index is 993. The van der Waals surface area contributed by atoms with E-state index in [1.807, 2.05) is 22.6 Å². The van der Waals surface area contributed by atoms with Crippen LogP contribution in [0.5, 0.6) is 0 Å². The highest BCUT2D eigenvalue weighted by Gasteiger charge is 2.18. The van der Waals surface area contributed by atoms with Gasteiger partial charge in [0.05, 0.1) is 11.2 Å². The number of halogens is 3. The van der Waals surface area contributed by atoms with Crippen molar-refractivity contribution in [3.63, 3.8) is 0 Å². The average Bonchev–Trinajstić information content (AvgIpc) is 3.06. The van der Waals surface area contributed by atoms with E-state index >= 15 is 0 Å². The van der Waals surface area contributed by atoms with Crippen LogP contribution in [-0.2, 0) is 0 Å². The summed E-state index contributed by atoms with van der Waals surface area (Å²) in [6.45, 7) is 0. The summed E-state index contributed by atoms with van der Waals surface area (Å²) in [7, 11) is 0. The maximum atomic E-state index is 14.6. The van der Waals surface area contributed by atoms with Crippen molar-refractivity contribution in [2.45, 2.75) is 0 Å². The van der Waals surface area contributed by atoms with Crippen molar-refractivity contribution in [1.29, 1.82) is 0 Å². The lowest BCUT2D eigenvalue weighted by Crippen LogP contribution is -1.98. The van der Waals surface area contributed by atoms with Gasteiger partial charge in [0.2, 0.25) is 0 Å². The van der Waals surface area contributed by atoms with E-state index in [1.165, 1.54) is 23.4 Å². The number of hydrogen-bond donors (Lipinski definition) is 0. The lowest BCUT2D eigenvalue weighted by molar-refractivity contribution is 0.601. The Morgan fingerprint density at radius 1 is 1.14 bits per heavy atom. The summed E-state index contributed by atoms with van der Waals surface area (Å²) >= 11 is 2.01. The molecule has 0 aliphatic carbocycles. The van der Waals surface area contributed by atoms with Crippen LogP contribution in [0, 0.1) is 15.2 Å². The number of oxazole rings is 1. The molecule has 0 saturated heterocycles. The Balaban J connectivity index is 2.09. The summed E-state index contributed by atoms with van der Waals surface area (Å²) in [4.78, 5) is 7.96. The van der Waals surface area contributed by atoms with Gasteiger partial charge in [0.1, 0.15) is 23.2 Å². The summed E-state index contributed by atoms with van der Waals surface area (Å²) in [5.41, 5.74) is 1.22. The fourth-order valence-electron chi connectivity index (χ4n) is 2.30. The molecule has 2 aromatic carbocycles. The summed E-state index contributed by atoms with van der Waals surface area (Å²) in [5, 5.41) is 0. The number of imidazole rings is 1. The molecule has 2 aromatic heterocycles. The molecular formula is C14H6F2IN3O. The van der Waals surface area contributed by atoms with Gasteiger partial charge in [0.25, 0.3) is 0 Å². The molecule has 0 unspecified atom stereocenters. The van der Waals surface area contributed by atoms with Crippen molar-refractivity contribution in [2.24, 2.45) is 0 Å². The van der Waals surface area contributed by atoms with Crippen molar-refractivity contribution in [3.8, 4) is 5.69 Å². The molecule has 0 aliphatic heterocycles. The first-order valence-corrected chi connectivity index (χ1v) is 7.07. The molecule has 104 valence electrons. The van der Waals surface area contributed by atoms with Gasteiger partial charge < -0.3 is 4.42 Å². The lowest BCUT2D eigenvalue weighted by atomic mass is 10.2. The second kappa shape index (κ2) is 4.48. The van der Waals surface area contributed by atoms with E-state index in [1.54, 1.807) is 18.2 Å². The van der Waals surface area contributed by atoms with Gasteiger partial charge in [0.15, 0.2) is 17.8 Å². The third kappa shape index (κ3) is 1.84. The Morgan fingerprint density at radius 3 is 2.81 bits per heavy atom. The number of rotatable bonds is 1. The van der Waals surface area contributed by atoms with Crippen molar-refractivity contribution < 1.29 is 13.2 Å². The smallest absolute Gasteiger partial charge is 0.182 e. The second-order valence-electron chi connectivity index (χ2n) is 4.47. The highest BCUT2D eigenvalue weighted by Crippen LogP contribution is 2.28. The Hall–Kier alpha value is -2.03. The summed E-state index contributed by atoms with van der Waals surface area (Å²) in [6.07, 6.45) is 2.56. The Labute approximate surface area is 130 Å². The van der Waals surface area contributed by atoms with Gasteiger partial charge in [-0.05, 0) is 40.8 Å². The average molecular weight is 397 g/mol. The third-order valence-corrected chi connectivity index (χ3v) is 3.91. The van der Waals surface area contributed by atoms with Gasteiger partial charge in [-0.2, -0.15) is 0 Å². The normalized spacial score (nSPS) is 11.6. The number of fused-ring (bicyclic) bond motifs is 2. The molecule has 0 amide bonds. The van der Waals surface area contributed by atoms with Crippen molar-refractivity contribution in [2.75, 3.05) is 0 Å². The van der Waals surface area contributed by atoms with E-state index in [0.29, 0.717) is 11.1 Å². The van der Waals surface area contributed by atoms with Crippen LogP contribution in [0.3, 0.4) is 0 Å². The minimum absolute atomic E-state index is 0.107. The Morgan fingerprint density at radius 2 is 2.00 bits per heavy atom. The van der Waals surface area contributed by atoms with Crippen LogP contribution in [-0.4, -0.2) is 14.5 Å². The molecular weight excluding hydrogens is 391 g/mol. The van der Waals surface area contributed by atoms with Crippen LogP contribution in [0.1, 0.15) is 0 Å². The van der Waals surface area contributed by atoms with E-state index in [0.717, 1.165) is 3.57 Å². The molecule has 0 aliphatic rings. The van der Waals surface area contributed by atoms with Crippen LogP contribution in [0.4, 0.5) is 8.78 Å². The van der Waals surface area contributed by atoms with Crippen molar-refractivity contribution in [3.05, 3.63) is 52.2 Å². The van der Waals surface area contributed by atoms with Gasteiger partial charge in [-0.25, -0.2) is 18.7 Å². The highest BCUT2D eigenvalue weighted by atomic mass is 127. The largest absolute Gasteiger partial charge is 0.443 e. The first-order chi connectivity index (χ1) is 10.1. The van der Waals surface area contributed by atoms with Gasteiger partial charge in [-0.15, -0.1) is 0 Å². The number of nitrogens with zero attached hydrogens (tertiary/aromatic N) is 3. The van der Waals surface area contributed by atoms with Gasteiger partial charge in [-0.1, -0.05) is 0 Å². The highest BCUT2D eigenvalue weighted by molar-refractivity contribution is 14.1. The first kappa shape index (κ1) is 12.7. The predicted octanol–water partition coefficient (Wildman–Crippen LogP) is 4.05. The minimum Gasteiger partial charge on any atom is -0.443 e. The molecule has 0 bridgehead atoms. The molecule has 7 heteroatoms. The van der Waals surface area contributed by atoms with Gasteiger partial charge in [0, 0.05) is 9.64 Å². The fraction of sp³-hybridized carbons (Fsp3) is 0. The van der Waals surface area contributed by atoms with Gasteiger partial charge >= 0.3 is 0 Å². The van der Waals surface area contributed by atoms with E-state index < -0.39 is 11.6 Å². The molecule has 0 fully saturated rings. The van der Waals surface area contributed by atoms with Crippen LogP contribution in [0.2, 0.25) is 0 Å². The first-order valence-electron chi connectivity index (χ1n) is 5.99. The molecule has 2 heterocycles. The zero-order valence-electron chi connectivity index (χ0n) is 10.3. The molecule has 0 atom stereocenters. The van der Waals surface area contributed by atoms with Crippen LogP contribution in [0.15, 0.2) is 41.4 Å². The van der Waals surface area contributed by atoms with Gasteiger partial charge in [-0.3, -0.25) is 4.57 Å². The van der Waals surface area contributed by atoms with Crippen LogP contribution >= 0.6 is 22.6 Å². The molecule has 0 N–H and O–H groups in total. The van der Waals surface area contributed by atoms with Crippen LogP contribution < -0.4 is 0 Å². The van der Waals surface area contributed by atoms with E-state index in [9.17, 15) is 8.78 Å². The zero-order chi connectivity index (χ0) is 14.6. The van der Waals surface area contributed by atoms with E-state index in [4.69, 9.17) is 4.42 Å². The third-order valence-electron chi connectivity index (χ3n) is 3.24. The molecule has 21 heavy (non-hydrogen) atoms. The standard InChI is InChI=1S/C14H6F2IN3O/c15-8-3-7(17)1-2-10(8)20-5-18-9-4-11-13(19-6-21-11)12(16)14(9)20/h1-6H. The predicted molar refractivity (Wildman–Crippen MR) is 81.3 cm³/mol. The molecule has 4 nitrogen and oxygen atoms in total. The number of benzene rings is 2. The number of hydrogen-bond acceptors (Lipinski definition) is 3. The molecule has 4 aromatic rings. The maximum Gasteiger partial charge on any atom is 0.182 e. The minimum atomic E-state index is -0.577. The molecule has 0 spiro atoms. The quantitative estimate of drug-likeness (QED) is 0.456. The Kier molecular flexibility index (Phi) is 2.71. The zero-order valence-corrected chi connectivity index (χ0v) is 12.5. The SMILES string of the molecule is Fc1cc(I)ccc1-n1cnc2cc3ocnc3c(F)c21. The topological polar surface area (TPSA) is 43.9 Å².